The fourth-order valence-electron chi connectivity index (χ4n) is 3.40. The Morgan fingerprint density at radius 2 is 1.19 bits per heavy atom. The Kier molecular flexibility index (Phi) is 4.24. The minimum absolute atomic E-state index is 0. The van der Waals surface area contributed by atoms with Gasteiger partial charge in [-0.05, 0) is 37.9 Å². The Hall–Kier alpha value is -2.18. The molecule has 0 saturated heterocycles. The van der Waals surface area contributed by atoms with Crippen LogP contribution >= 0.6 is 12.4 Å². The van der Waals surface area contributed by atoms with E-state index in [1.807, 2.05) is 30.3 Å². The maximum absolute atomic E-state index is 13.8. The number of benzene rings is 4. The van der Waals surface area contributed by atoms with E-state index in [9.17, 15) is 22.0 Å². The third kappa shape index (κ3) is 2.47. The molecule has 0 saturated carbocycles. The van der Waals surface area contributed by atoms with Gasteiger partial charge in [-0.15, -0.1) is 12.4 Å². The summed E-state index contributed by atoms with van der Waals surface area (Å²) in [5.74, 6) is -5.02. The molecule has 0 aromatic heterocycles. The second kappa shape index (κ2) is 5.93. The SMILES string of the molecule is Cl.N[C@@H](c1ccc2ccc3cccc4ccc1c2c34)C(F)(F)C(F)(F)F. The van der Waals surface area contributed by atoms with E-state index in [0.717, 1.165) is 21.5 Å². The van der Waals surface area contributed by atoms with Crippen molar-refractivity contribution in [2.45, 2.75) is 18.1 Å². The fraction of sp³-hybridized carbons (Fsp3) is 0.158. The maximum atomic E-state index is 13.8. The van der Waals surface area contributed by atoms with Gasteiger partial charge in [-0.2, -0.15) is 22.0 Å². The molecule has 0 spiro atoms. The summed E-state index contributed by atoms with van der Waals surface area (Å²) in [5, 5.41) is 4.36. The fourth-order valence-corrected chi connectivity index (χ4v) is 3.40. The first-order valence-corrected chi connectivity index (χ1v) is 7.58. The molecular weight excluding hydrogens is 373 g/mol. The largest absolute Gasteiger partial charge is 0.455 e. The van der Waals surface area contributed by atoms with Gasteiger partial charge in [0.05, 0.1) is 0 Å². The Bertz CT molecular complexity index is 1070. The summed E-state index contributed by atoms with van der Waals surface area (Å²) in [6.07, 6.45) is -5.71. The lowest BCUT2D eigenvalue weighted by molar-refractivity contribution is -0.290. The molecule has 0 aliphatic rings. The van der Waals surface area contributed by atoms with Gasteiger partial charge in [0.2, 0.25) is 0 Å². The molecule has 7 heteroatoms. The van der Waals surface area contributed by atoms with Gasteiger partial charge in [-0.25, -0.2) is 0 Å². The van der Waals surface area contributed by atoms with E-state index in [2.05, 4.69) is 0 Å². The molecule has 4 aromatic rings. The van der Waals surface area contributed by atoms with Crippen LogP contribution in [-0.4, -0.2) is 12.1 Å². The van der Waals surface area contributed by atoms with Crippen molar-refractivity contribution in [2.75, 3.05) is 0 Å². The van der Waals surface area contributed by atoms with Crippen LogP contribution in [0.4, 0.5) is 22.0 Å². The molecule has 0 heterocycles. The standard InChI is InChI=1S/C19H12F5N.ClH/c20-18(21,19(22,23)24)17(25)14-9-7-12-5-4-10-2-1-3-11-6-8-13(14)16(12)15(10)11;/h1-9,17H,25H2;1H/t17-;/m0./s1. The average molecular weight is 386 g/mol. The topological polar surface area (TPSA) is 26.0 Å². The quantitative estimate of drug-likeness (QED) is 0.322. The molecule has 0 fully saturated rings. The van der Waals surface area contributed by atoms with Crippen LogP contribution in [0, 0.1) is 0 Å². The molecule has 4 aromatic carbocycles. The molecule has 136 valence electrons. The van der Waals surface area contributed by atoms with E-state index in [1.54, 1.807) is 12.1 Å². The van der Waals surface area contributed by atoms with Gasteiger partial charge in [0.1, 0.15) is 6.04 Å². The molecule has 0 unspecified atom stereocenters. The van der Waals surface area contributed by atoms with E-state index >= 15 is 0 Å². The van der Waals surface area contributed by atoms with Gasteiger partial charge in [0.25, 0.3) is 0 Å². The van der Waals surface area contributed by atoms with Gasteiger partial charge in [-0.3, -0.25) is 0 Å². The molecule has 2 N–H and O–H groups in total. The second-order valence-electron chi connectivity index (χ2n) is 6.11. The number of nitrogens with two attached hydrogens (primary N) is 1. The lowest BCUT2D eigenvalue weighted by Crippen LogP contribution is -2.45. The van der Waals surface area contributed by atoms with Crippen LogP contribution in [0.2, 0.25) is 0 Å². The van der Waals surface area contributed by atoms with Crippen LogP contribution in [0.25, 0.3) is 32.3 Å². The Labute approximate surface area is 151 Å². The highest BCUT2D eigenvalue weighted by molar-refractivity contribution is 6.23. The lowest BCUT2D eigenvalue weighted by Gasteiger charge is -2.27. The molecule has 0 radical (unpaired) electrons. The molecule has 1 nitrogen and oxygen atoms in total. The van der Waals surface area contributed by atoms with E-state index < -0.39 is 18.1 Å². The van der Waals surface area contributed by atoms with Crippen molar-refractivity contribution in [2.24, 2.45) is 5.73 Å². The van der Waals surface area contributed by atoms with Gasteiger partial charge in [0, 0.05) is 0 Å². The highest BCUT2D eigenvalue weighted by atomic mass is 35.5. The van der Waals surface area contributed by atoms with E-state index in [0.29, 0.717) is 10.8 Å². The molecule has 0 amide bonds. The van der Waals surface area contributed by atoms with Crippen molar-refractivity contribution in [1.29, 1.82) is 0 Å². The molecule has 26 heavy (non-hydrogen) atoms. The zero-order chi connectivity index (χ0) is 18.0. The molecule has 0 aliphatic heterocycles. The smallest absolute Gasteiger partial charge is 0.319 e. The Morgan fingerprint density at radius 3 is 1.77 bits per heavy atom. The summed E-state index contributed by atoms with van der Waals surface area (Å²) >= 11 is 0. The van der Waals surface area contributed by atoms with E-state index in [4.69, 9.17) is 5.73 Å². The van der Waals surface area contributed by atoms with Crippen molar-refractivity contribution < 1.29 is 22.0 Å². The van der Waals surface area contributed by atoms with E-state index in [1.165, 1.54) is 12.1 Å². The van der Waals surface area contributed by atoms with Crippen LogP contribution in [0.1, 0.15) is 11.6 Å². The number of halogens is 6. The average Bonchev–Trinajstić information content (AvgIpc) is 2.58. The summed E-state index contributed by atoms with van der Waals surface area (Å²) in [6.45, 7) is 0. The van der Waals surface area contributed by atoms with Gasteiger partial charge in [0.15, 0.2) is 0 Å². The second-order valence-corrected chi connectivity index (χ2v) is 6.11. The normalized spacial score (nSPS) is 14.1. The lowest BCUT2D eigenvalue weighted by atomic mass is 9.88. The summed E-state index contributed by atoms with van der Waals surface area (Å²) in [5.41, 5.74) is 5.17. The van der Waals surface area contributed by atoms with Gasteiger partial charge >= 0.3 is 12.1 Å². The molecule has 0 bridgehead atoms. The van der Waals surface area contributed by atoms with E-state index in [-0.39, 0.29) is 18.0 Å². The van der Waals surface area contributed by atoms with Gasteiger partial charge in [-0.1, -0.05) is 54.6 Å². The van der Waals surface area contributed by atoms with Crippen molar-refractivity contribution in [3.8, 4) is 0 Å². The zero-order valence-electron chi connectivity index (χ0n) is 13.1. The number of rotatable bonds is 2. The van der Waals surface area contributed by atoms with Crippen LogP contribution in [0.15, 0.2) is 54.6 Å². The third-order valence-electron chi connectivity index (χ3n) is 4.67. The van der Waals surface area contributed by atoms with Crippen LogP contribution < -0.4 is 5.73 Å². The molecule has 4 rings (SSSR count). The summed E-state index contributed by atoms with van der Waals surface area (Å²) in [7, 11) is 0. The summed E-state index contributed by atoms with van der Waals surface area (Å²) in [6, 6.07) is 12.9. The van der Waals surface area contributed by atoms with Crippen LogP contribution in [-0.2, 0) is 0 Å². The van der Waals surface area contributed by atoms with Crippen molar-refractivity contribution in [3.05, 3.63) is 60.2 Å². The highest BCUT2D eigenvalue weighted by Gasteiger charge is 2.61. The van der Waals surface area contributed by atoms with Crippen molar-refractivity contribution >= 4 is 44.7 Å². The number of hydrogen-bond donors (Lipinski definition) is 1. The number of hydrogen-bond acceptors (Lipinski definition) is 1. The molecule has 1 atom stereocenters. The summed E-state index contributed by atoms with van der Waals surface area (Å²) in [4.78, 5) is 0. The number of alkyl halides is 5. The minimum Gasteiger partial charge on any atom is -0.319 e. The van der Waals surface area contributed by atoms with Crippen molar-refractivity contribution in [1.82, 2.24) is 0 Å². The summed E-state index contributed by atoms with van der Waals surface area (Å²) < 4.78 is 65.8. The third-order valence-corrected chi connectivity index (χ3v) is 4.67. The van der Waals surface area contributed by atoms with Crippen LogP contribution in [0.5, 0.6) is 0 Å². The van der Waals surface area contributed by atoms with Crippen molar-refractivity contribution in [3.63, 3.8) is 0 Å². The zero-order valence-corrected chi connectivity index (χ0v) is 14.0. The molecular formula is C19H13ClF5N. The Balaban J connectivity index is 0.00000196. The predicted octanol–water partition coefficient (Wildman–Crippen LogP) is 6.20. The highest BCUT2D eigenvalue weighted by Crippen LogP contribution is 2.46. The first-order chi connectivity index (χ1) is 11.7. The predicted molar refractivity (Wildman–Crippen MR) is 95.3 cm³/mol. The minimum atomic E-state index is -5.71. The van der Waals surface area contributed by atoms with Crippen LogP contribution in [0.3, 0.4) is 0 Å². The molecule has 0 aliphatic carbocycles. The maximum Gasteiger partial charge on any atom is 0.455 e. The first-order valence-electron chi connectivity index (χ1n) is 7.58. The monoisotopic (exact) mass is 385 g/mol. The first kappa shape index (κ1) is 18.6. The Morgan fingerprint density at radius 1 is 0.692 bits per heavy atom. The van der Waals surface area contributed by atoms with Gasteiger partial charge < -0.3 is 5.73 Å².